The van der Waals surface area contributed by atoms with Crippen LogP contribution < -0.4 is 10.6 Å². The van der Waals surface area contributed by atoms with E-state index in [4.69, 9.17) is 0 Å². The van der Waals surface area contributed by atoms with Crippen LogP contribution in [0, 0.1) is 5.92 Å². The summed E-state index contributed by atoms with van der Waals surface area (Å²) in [6.45, 7) is 6.64. The lowest BCUT2D eigenvalue weighted by Crippen LogP contribution is -2.32. The molecule has 0 bridgehead atoms. The average Bonchev–Trinajstić information content (AvgIpc) is 2.40. The molecule has 0 aliphatic rings. The number of rotatable bonds is 6. The van der Waals surface area contributed by atoms with Gasteiger partial charge in [0.25, 0.3) is 0 Å². The summed E-state index contributed by atoms with van der Waals surface area (Å²) in [5.74, 6) is 0.523. The Morgan fingerprint density at radius 1 is 1.32 bits per heavy atom. The van der Waals surface area contributed by atoms with Gasteiger partial charge in [0, 0.05) is 12.2 Å². The first kappa shape index (κ1) is 15.5. The highest BCUT2D eigenvalue weighted by atomic mass is 16.3. The topological polar surface area (TPSA) is 61.4 Å². The van der Waals surface area contributed by atoms with Gasteiger partial charge in [-0.3, -0.25) is 0 Å². The molecule has 1 atom stereocenters. The van der Waals surface area contributed by atoms with Crippen molar-refractivity contribution >= 4 is 11.7 Å². The number of nitrogens with one attached hydrogen (secondary N) is 2. The standard InChI is InChI=1S/C15H24N2O2/c1-4-12(5-2)10-16-15(19)17-14-8-6-7-13(9-14)11(3)18/h6-9,11-12,18H,4-5,10H2,1-3H3,(H2,16,17,19). The van der Waals surface area contributed by atoms with Crippen LogP contribution in [0.1, 0.15) is 45.3 Å². The first-order valence-electron chi connectivity index (χ1n) is 6.89. The maximum atomic E-state index is 11.7. The maximum absolute atomic E-state index is 11.7. The Morgan fingerprint density at radius 2 is 2.00 bits per heavy atom. The van der Waals surface area contributed by atoms with E-state index in [-0.39, 0.29) is 6.03 Å². The summed E-state index contributed by atoms with van der Waals surface area (Å²) >= 11 is 0. The minimum atomic E-state index is -0.533. The summed E-state index contributed by atoms with van der Waals surface area (Å²) in [4.78, 5) is 11.7. The fourth-order valence-electron chi connectivity index (χ4n) is 1.87. The van der Waals surface area contributed by atoms with E-state index in [0.29, 0.717) is 18.2 Å². The molecule has 0 aromatic heterocycles. The zero-order valence-electron chi connectivity index (χ0n) is 11.9. The van der Waals surface area contributed by atoms with Crippen LogP contribution in [0.25, 0.3) is 0 Å². The van der Waals surface area contributed by atoms with Crippen molar-refractivity contribution in [3.05, 3.63) is 29.8 Å². The molecule has 0 fully saturated rings. The predicted octanol–water partition coefficient (Wildman–Crippen LogP) is 3.30. The Morgan fingerprint density at radius 3 is 2.58 bits per heavy atom. The molecule has 106 valence electrons. The van der Waals surface area contributed by atoms with Crippen LogP contribution in [0.5, 0.6) is 0 Å². The van der Waals surface area contributed by atoms with Crippen molar-refractivity contribution in [2.75, 3.05) is 11.9 Å². The lowest BCUT2D eigenvalue weighted by Gasteiger charge is -2.14. The molecule has 0 spiro atoms. The quantitative estimate of drug-likeness (QED) is 0.738. The van der Waals surface area contributed by atoms with E-state index in [1.165, 1.54) is 0 Å². The highest BCUT2D eigenvalue weighted by Crippen LogP contribution is 2.16. The summed E-state index contributed by atoms with van der Waals surface area (Å²) in [7, 11) is 0. The van der Waals surface area contributed by atoms with Crippen molar-refractivity contribution in [3.8, 4) is 0 Å². The summed E-state index contributed by atoms with van der Waals surface area (Å²) < 4.78 is 0. The van der Waals surface area contributed by atoms with Crippen molar-refractivity contribution in [2.24, 2.45) is 5.92 Å². The van der Waals surface area contributed by atoms with Gasteiger partial charge < -0.3 is 15.7 Å². The summed E-state index contributed by atoms with van der Waals surface area (Å²) in [5.41, 5.74) is 1.48. The Labute approximate surface area is 115 Å². The van der Waals surface area contributed by atoms with E-state index < -0.39 is 6.10 Å². The molecule has 0 heterocycles. The van der Waals surface area contributed by atoms with Gasteiger partial charge in [-0.15, -0.1) is 0 Å². The van der Waals surface area contributed by atoms with Crippen molar-refractivity contribution in [3.63, 3.8) is 0 Å². The molecular formula is C15H24N2O2. The molecular weight excluding hydrogens is 240 g/mol. The Kier molecular flexibility index (Phi) is 6.36. The second kappa shape index (κ2) is 7.79. The molecule has 0 aliphatic carbocycles. The normalized spacial score (nSPS) is 12.3. The molecule has 1 aromatic carbocycles. The first-order valence-corrected chi connectivity index (χ1v) is 6.89. The fourth-order valence-corrected chi connectivity index (χ4v) is 1.87. The van der Waals surface area contributed by atoms with Crippen LogP contribution >= 0.6 is 0 Å². The molecule has 4 nitrogen and oxygen atoms in total. The second-order valence-electron chi connectivity index (χ2n) is 4.82. The van der Waals surface area contributed by atoms with Crippen LogP contribution in [0.3, 0.4) is 0 Å². The van der Waals surface area contributed by atoms with Gasteiger partial charge in [-0.2, -0.15) is 0 Å². The van der Waals surface area contributed by atoms with Gasteiger partial charge in [-0.1, -0.05) is 38.8 Å². The molecule has 0 radical (unpaired) electrons. The number of amides is 2. The van der Waals surface area contributed by atoms with Gasteiger partial charge in [-0.25, -0.2) is 4.79 Å². The SMILES string of the molecule is CCC(CC)CNC(=O)Nc1cccc(C(C)O)c1. The minimum Gasteiger partial charge on any atom is -0.389 e. The molecule has 1 rings (SSSR count). The monoisotopic (exact) mass is 264 g/mol. The Bertz CT molecular complexity index is 401. The number of carbonyl (C=O) groups is 1. The van der Waals surface area contributed by atoms with Crippen molar-refractivity contribution < 1.29 is 9.90 Å². The van der Waals surface area contributed by atoms with Gasteiger partial charge >= 0.3 is 6.03 Å². The predicted molar refractivity (Wildman–Crippen MR) is 78.2 cm³/mol. The smallest absolute Gasteiger partial charge is 0.319 e. The molecule has 3 N–H and O–H groups in total. The van der Waals surface area contributed by atoms with E-state index in [1.807, 2.05) is 18.2 Å². The number of urea groups is 1. The molecule has 2 amide bonds. The first-order chi connectivity index (χ1) is 9.06. The zero-order chi connectivity index (χ0) is 14.3. The summed E-state index contributed by atoms with van der Waals surface area (Å²) in [6.07, 6.45) is 1.59. The van der Waals surface area contributed by atoms with Gasteiger partial charge in [-0.05, 0) is 30.5 Å². The molecule has 0 saturated carbocycles. The van der Waals surface area contributed by atoms with E-state index in [1.54, 1.807) is 13.0 Å². The highest BCUT2D eigenvalue weighted by Gasteiger charge is 2.07. The van der Waals surface area contributed by atoms with Crippen LogP contribution in [-0.4, -0.2) is 17.7 Å². The average molecular weight is 264 g/mol. The third-order valence-electron chi connectivity index (χ3n) is 3.33. The van der Waals surface area contributed by atoms with Gasteiger partial charge in [0.1, 0.15) is 0 Å². The Hall–Kier alpha value is -1.55. The zero-order valence-corrected chi connectivity index (χ0v) is 11.9. The maximum Gasteiger partial charge on any atom is 0.319 e. The molecule has 1 aromatic rings. The van der Waals surface area contributed by atoms with E-state index in [9.17, 15) is 9.90 Å². The van der Waals surface area contributed by atoms with Crippen LogP contribution in [0.4, 0.5) is 10.5 Å². The van der Waals surface area contributed by atoms with E-state index in [2.05, 4.69) is 24.5 Å². The van der Waals surface area contributed by atoms with Crippen molar-refractivity contribution in [1.29, 1.82) is 0 Å². The Balaban J connectivity index is 2.50. The summed E-state index contributed by atoms with van der Waals surface area (Å²) in [6, 6.07) is 7.04. The fraction of sp³-hybridized carbons (Fsp3) is 0.533. The van der Waals surface area contributed by atoms with Gasteiger partial charge in [0.05, 0.1) is 6.10 Å². The molecule has 0 aliphatic heterocycles. The number of carbonyl (C=O) groups excluding carboxylic acids is 1. The third-order valence-corrected chi connectivity index (χ3v) is 3.33. The molecule has 4 heteroatoms. The van der Waals surface area contributed by atoms with E-state index >= 15 is 0 Å². The summed E-state index contributed by atoms with van der Waals surface area (Å²) in [5, 5.41) is 15.1. The van der Waals surface area contributed by atoms with Gasteiger partial charge in [0.15, 0.2) is 0 Å². The third kappa shape index (κ3) is 5.30. The number of benzene rings is 1. The van der Waals surface area contributed by atoms with Crippen molar-refractivity contribution in [2.45, 2.75) is 39.7 Å². The molecule has 19 heavy (non-hydrogen) atoms. The van der Waals surface area contributed by atoms with Crippen molar-refractivity contribution in [1.82, 2.24) is 5.32 Å². The second-order valence-corrected chi connectivity index (χ2v) is 4.82. The van der Waals surface area contributed by atoms with Gasteiger partial charge in [0.2, 0.25) is 0 Å². The number of aliphatic hydroxyl groups excluding tert-OH is 1. The largest absolute Gasteiger partial charge is 0.389 e. The number of hydrogen-bond donors (Lipinski definition) is 3. The highest BCUT2D eigenvalue weighted by molar-refractivity contribution is 5.89. The van der Waals surface area contributed by atoms with E-state index in [0.717, 1.165) is 18.4 Å². The number of aliphatic hydroxyl groups is 1. The number of hydrogen-bond acceptors (Lipinski definition) is 2. The van der Waals surface area contributed by atoms with Crippen LogP contribution in [0.15, 0.2) is 24.3 Å². The minimum absolute atomic E-state index is 0.199. The van der Waals surface area contributed by atoms with Crippen LogP contribution in [0.2, 0.25) is 0 Å². The lowest BCUT2D eigenvalue weighted by atomic mass is 10.0. The molecule has 1 unspecified atom stereocenters. The van der Waals surface area contributed by atoms with Crippen LogP contribution in [-0.2, 0) is 0 Å². The molecule has 0 saturated heterocycles. The number of anilines is 1. The lowest BCUT2D eigenvalue weighted by molar-refractivity contribution is 0.199.